The Bertz CT molecular complexity index is 1240. The number of hydrogen-bond acceptors (Lipinski definition) is 4. The molecule has 0 radical (unpaired) electrons. The van der Waals surface area contributed by atoms with Crippen LogP contribution in [0.1, 0.15) is 31.2 Å². The van der Waals surface area contributed by atoms with Crippen LogP contribution in [0.25, 0.3) is 11.0 Å². The van der Waals surface area contributed by atoms with Gasteiger partial charge >= 0.3 is 5.69 Å². The zero-order valence-electron chi connectivity index (χ0n) is 15.7. The van der Waals surface area contributed by atoms with Gasteiger partial charge in [-0.2, -0.15) is 0 Å². The molecule has 1 heterocycles. The van der Waals surface area contributed by atoms with E-state index >= 15 is 0 Å². The maximum absolute atomic E-state index is 12.7. The monoisotopic (exact) mass is 477 g/mol. The molecule has 1 aliphatic rings. The number of benzene rings is 2. The van der Waals surface area contributed by atoms with Crippen molar-refractivity contribution in [3.8, 4) is 0 Å². The third kappa shape index (κ3) is 3.89. The predicted octanol–water partition coefficient (Wildman–Crippen LogP) is 3.11. The van der Waals surface area contributed by atoms with Crippen molar-refractivity contribution in [2.24, 2.45) is 5.92 Å². The first-order chi connectivity index (χ1) is 13.8. The quantitative estimate of drug-likeness (QED) is 0.569. The third-order valence-corrected chi connectivity index (χ3v) is 7.04. The van der Waals surface area contributed by atoms with Gasteiger partial charge in [0.1, 0.15) is 0 Å². The number of imidazole rings is 1. The first-order valence-electron chi connectivity index (χ1n) is 9.35. The number of fused-ring (bicyclic) bond motifs is 1. The molecule has 29 heavy (non-hydrogen) atoms. The minimum absolute atomic E-state index is 0.0280. The summed E-state index contributed by atoms with van der Waals surface area (Å²) in [5.74, 6) is -0.838. The molecule has 1 fully saturated rings. The highest BCUT2D eigenvalue weighted by molar-refractivity contribution is 9.10. The first kappa shape index (κ1) is 19.9. The number of hydrogen-bond donors (Lipinski definition) is 2. The Morgan fingerprint density at radius 2 is 1.97 bits per heavy atom. The summed E-state index contributed by atoms with van der Waals surface area (Å²) in [6.07, 6.45) is 1.40. The van der Waals surface area contributed by atoms with Gasteiger partial charge in [0.25, 0.3) is 10.0 Å². The Hall–Kier alpha value is -2.39. The molecule has 9 heteroatoms. The van der Waals surface area contributed by atoms with E-state index in [2.05, 4.69) is 25.6 Å². The lowest BCUT2D eigenvalue weighted by Gasteiger charge is -2.08. The number of sulfonamides is 1. The number of carbonyl (C=O) groups excluding carboxylic acids is 1. The number of nitrogens with one attached hydrogen (secondary N) is 2. The molecule has 1 aliphatic carbocycles. The van der Waals surface area contributed by atoms with Crippen LogP contribution >= 0.6 is 15.9 Å². The highest BCUT2D eigenvalue weighted by Crippen LogP contribution is 2.47. The van der Waals surface area contributed by atoms with E-state index in [1.807, 2.05) is 31.2 Å². The largest absolute Gasteiger partial charge is 0.326 e. The smallest absolute Gasteiger partial charge is 0.305 e. The molecule has 1 aromatic heterocycles. The van der Waals surface area contributed by atoms with Crippen molar-refractivity contribution in [2.75, 3.05) is 0 Å². The van der Waals surface area contributed by atoms with Crippen molar-refractivity contribution in [2.45, 2.75) is 37.1 Å². The lowest BCUT2D eigenvalue weighted by molar-refractivity contribution is -0.120. The predicted molar refractivity (Wildman–Crippen MR) is 113 cm³/mol. The van der Waals surface area contributed by atoms with Gasteiger partial charge in [0.15, 0.2) is 0 Å². The molecule has 2 N–H and O–H groups in total. The van der Waals surface area contributed by atoms with Crippen molar-refractivity contribution in [3.05, 3.63) is 63.0 Å². The van der Waals surface area contributed by atoms with E-state index in [1.54, 1.807) is 10.6 Å². The van der Waals surface area contributed by atoms with Gasteiger partial charge in [0.2, 0.25) is 5.91 Å². The van der Waals surface area contributed by atoms with Gasteiger partial charge in [-0.15, -0.1) is 0 Å². The lowest BCUT2D eigenvalue weighted by Crippen LogP contribution is -2.32. The van der Waals surface area contributed by atoms with Gasteiger partial charge in [-0.3, -0.25) is 9.36 Å². The number of aromatic amines is 1. The number of aromatic nitrogens is 2. The van der Waals surface area contributed by atoms with Crippen LogP contribution in [-0.4, -0.2) is 23.9 Å². The zero-order chi connectivity index (χ0) is 20.8. The Balaban J connectivity index is 1.52. The van der Waals surface area contributed by atoms with Gasteiger partial charge < -0.3 is 4.98 Å². The summed E-state index contributed by atoms with van der Waals surface area (Å²) in [7, 11) is -4.02. The maximum Gasteiger partial charge on any atom is 0.326 e. The first-order valence-corrected chi connectivity index (χ1v) is 11.6. The number of carbonyl (C=O) groups is 1. The molecule has 0 unspecified atom stereocenters. The molecule has 4 rings (SSSR count). The number of rotatable bonds is 6. The minimum atomic E-state index is -4.02. The lowest BCUT2D eigenvalue weighted by atomic mass is 10.1. The second-order valence-corrected chi connectivity index (χ2v) is 9.83. The van der Waals surface area contributed by atoms with Gasteiger partial charge in [0, 0.05) is 16.9 Å². The number of aryl methyl sites for hydroxylation is 1. The maximum atomic E-state index is 12.7. The van der Waals surface area contributed by atoms with E-state index in [0.29, 0.717) is 24.0 Å². The molecule has 2 aromatic carbocycles. The topological polar surface area (TPSA) is 101 Å². The summed E-state index contributed by atoms with van der Waals surface area (Å²) in [4.78, 5) is 27.2. The van der Waals surface area contributed by atoms with Gasteiger partial charge in [0.05, 0.1) is 15.9 Å². The third-order valence-electron chi connectivity index (χ3n) is 5.16. The SMILES string of the molecule is CCCn1c(=O)[nH]c2cc(S(=O)(=O)NC(=O)[C@@H]3C[C@H]3c3ccc(Br)cc3)ccc21. The summed E-state index contributed by atoms with van der Waals surface area (Å²) >= 11 is 3.37. The van der Waals surface area contributed by atoms with Crippen molar-refractivity contribution < 1.29 is 13.2 Å². The molecule has 1 saturated carbocycles. The van der Waals surface area contributed by atoms with Crippen molar-refractivity contribution in [1.29, 1.82) is 0 Å². The van der Waals surface area contributed by atoms with Crippen LogP contribution in [0.5, 0.6) is 0 Å². The fourth-order valence-corrected chi connectivity index (χ4v) is 4.90. The average molecular weight is 478 g/mol. The fraction of sp³-hybridized carbons (Fsp3) is 0.300. The standard InChI is InChI=1S/C20H20BrN3O4S/c1-2-9-24-18-8-7-14(10-17(18)22-20(24)26)29(27,28)23-19(25)16-11-15(16)12-3-5-13(21)6-4-12/h3-8,10,15-16H,2,9,11H2,1H3,(H,22,26)(H,23,25)/t15-,16+/m0/s1. The van der Waals surface area contributed by atoms with E-state index < -0.39 is 15.9 Å². The van der Waals surface area contributed by atoms with Crippen LogP contribution in [0.15, 0.2) is 56.6 Å². The molecule has 3 aromatic rings. The van der Waals surface area contributed by atoms with Gasteiger partial charge in [-0.05, 0) is 54.7 Å². The van der Waals surface area contributed by atoms with E-state index in [0.717, 1.165) is 16.5 Å². The van der Waals surface area contributed by atoms with E-state index in [-0.39, 0.29) is 22.4 Å². The second-order valence-electron chi connectivity index (χ2n) is 7.23. The van der Waals surface area contributed by atoms with Crippen LogP contribution in [0, 0.1) is 5.92 Å². The zero-order valence-corrected chi connectivity index (χ0v) is 18.1. The number of amides is 1. The van der Waals surface area contributed by atoms with Crippen LogP contribution in [0.2, 0.25) is 0 Å². The number of halogens is 1. The average Bonchev–Trinajstić information content (AvgIpc) is 3.41. The Kier molecular flexibility index (Phi) is 5.12. The van der Waals surface area contributed by atoms with E-state index in [1.165, 1.54) is 12.1 Å². The molecule has 0 aliphatic heterocycles. The molecule has 7 nitrogen and oxygen atoms in total. The van der Waals surface area contributed by atoms with Crippen LogP contribution in [0.4, 0.5) is 0 Å². The highest BCUT2D eigenvalue weighted by Gasteiger charge is 2.45. The normalized spacial score (nSPS) is 18.7. The van der Waals surface area contributed by atoms with Crippen LogP contribution in [0.3, 0.4) is 0 Å². The fourth-order valence-electron chi connectivity index (χ4n) is 3.59. The Morgan fingerprint density at radius 1 is 1.24 bits per heavy atom. The van der Waals surface area contributed by atoms with Crippen molar-refractivity contribution in [1.82, 2.24) is 14.3 Å². The molecule has 2 atom stereocenters. The van der Waals surface area contributed by atoms with Crippen LogP contribution < -0.4 is 10.4 Å². The summed E-state index contributed by atoms with van der Waals surface area (Å²) in [6, 6.07) is 12.1. The minimum Gasteiger partial charge on any atom is -0.305 e. The molecule has 0 spiro atoms. The van der Waals surface area contributed by atoms with Gasteiger partial charge in [-0.25, -0.2) is 17.9 Å². The van der Waals surface area contributed by atoms with E-state index in [4.69, 9.17) is 0 Å². The number of H-pyrrole nitrogens is 1. The molecule has 1 amide bonds. The summed E-state index contributed by atoms with van der Waals surface area (Å²) in [5, 5.41) is 0. The molecular weight excluding hydrogens is 458 g/mol. The Labute approximate surface area is 176 Å². The van der Waals surface area contributed by atoms with Gasteiger partial charge in [-0.1, -0.05) is 35.0 Å². The molecular formula is C20H20BrN3O4S. The summed E-state index contributed by atoms with van der Waals surface area (Å²) in [5.41, 5.74) is 1.80. The van der Waals surface area contributed by atoms with Crippen molar-refractivity contribution >= 4 is 42.9 Å². The molecule has 0 saturated heterocycles. The second kappa shape index (κ2) is 7.46. The molecule has 0 bridgehead atoms. The Morgan fingerprint density at radius 3 is 2.66 bits per heavy atom. The van der Waals surface area contributed by atoms with Crippen molar-refractivity contribution in [3.63, 3.8) is 0 Å². The summed E-state index contributed by atoms with van der Waals surface area (Å²) in [6.45, 7) is 2.50. The summed E-state index contributed by atoms with van der Waals surface area (Å²) < 4.78 is 30.1. The van der Waals surface area contributed by atoms with Crippen LogP contribution in [-0.2, 0) is 21.4 Å². The molecule has 152 valence electrons. The number of nitrogens with zero attached hydrogens (tertiary/aromatic N) is 1. The highest BCUT2D eigenvalue weighted by atomic mass is 79.9. The van der Waals surface area contributed by atoms with E-state index in [9.17, 15) is 18.0 Å².